The highest BCUT2D eigenvalue weighted by Gasteiger charge is 2.15. The third-order valence-corrected chi connectivity index (χ3v) is 3.93. The Hall–Kier alpha value is -1.33. The molecule has 0 bridgehead atoms. The summed E-state index contributed by atoms with van der Waals surface area (Å²) in [5.41, 5.74) is 1.29. The summed E-state index contributed by atoms with van der Waals surface area (Å²) in [7, 11) is 0. The Bertz CT molecular complexity index is 584. The van der Waals surface area contributed by atoms with E-state index in [0.29, 0.717) is 9.37 Å². The first-order valence-corrected chi connectivity index (χ1v) is 6.85. The second-order valence-corrected chi connectivity index (χ2v) is 5.82. The lowest BCUT2D eigenvalue weighted by atomic mass is 10.2. The number of nitro benzene ring substituents is 1. The molecule has 0 fully saturated rings. The number of halogens is 1. The van der Waals surface area contributed by atoms with E-state index in [-0.39, 0.29) is 10.6 Å². The van der Waals surface area contributed by atoms with Crippen molar-refractivity contribution in [3.63, 3.8) is 0 Å². The summed E-state index contributed by atoms with van der Waals surface area (Å²) in [6.45, 7) is 2.01. The molecule has 0 radical (unpaired) electrons. The fraction of sp³-hybridized carbons (Fsp3) is 0.0769. The predicted molar refractivity (Wildman–Crippen MR) is 76.1 cm³/mol. The van der Waals surface area contributed by atoms with Crippen LogP contribution in [0.3, 0.4) is 0 Å². The lowest BCUT2D eigenvalue weighted by molar-refractivity contribution is -0.387. The van der Waals surface area contributed by atoms with E-state index >= 15 is 0 Å². The molecule has 2 aromatic carbocycles. The molecule has 0 heterocycles. The first-order valence-electron chi connectivity index (χ1n) is 5.25. The average Bonchev–Trinajstić information content (AvgIpc) is 2.34. The van der Waals surface area contributed by atoms with Gasteiger partial charge in [0.2, 0.25) is 0 Å². The molecule has 0 aliphatic heterocycles. The molecule has 0 saturated heterocycles. The molecule has 0 saturated carbocycles. The zero-order valence-corrected chi connectivity index (χ0v) is 12.0. The van der Waals surface area contributed by atoms with E-state index in [1.165, 1.54) is 23.4 Å². The van der Waals surface area contributed by atoms with Gasteiger partial charge in [-0.25, -0.2) is 0 Å². The zero-order valence-electron chi connectivity index (χ0n) is 9.59. The minimum atomic E-state index is -0.360. The number of aryl methyl sites for hydroxylation is 1. The highest BCUT2D eigenvalue weighted by Crippen LogP contribution is 2.36. The number of nitro groups is 1. The molecule has 2 rings (SSSR count). The Morgan fingerprint density at radius 3 is 2.44 bits per heavy atom. The van der Waals surface area contributed by atoms with Gasteiger partial charge in [0.05, 0.1) is 9.82 Å². The van der Waals surface area contributed by atoms with Gasteiger partial charge in [0, 0.05) is 15.4 Å². The Morgan fingerprint density at radius 2 is 1.83 bits per heavy atom. The molecular weight excluding hydrogens is 314 g/mol. The van der Waals surface area contributed by atoms with Crippen LogP contribution in [-0.2, 0) is 0 Å². The second-order valence-electron chi connectivity index (χ2n) is 3.78. The monoisotopic (exact) mass is 323 g/mol. The quantitative estimate of drug-likeness (QED) is 0.601. The molecule has 0 atom stereocenters. The van der Waals surface area contributed by atoms with E-state index in [1.807, 2.05) is 37.3 Å². The van der Waals surface area contributed by atoms with Crippen molar-refractivity contribution < 1.29 is 4.92 Å². The number of nitrogens with zero attached hydrogens (tertiary/aromatic N) is 1. The summed E-state index contributed by atoms with van der Waals surface area (Å²) in [6.07, 6.45) is 0. The molecule has 3 nitrogen and oxygen atoms in total. The van der Waals surface area contributed by atoms with Crippen molar-refractivity contribution in [1.82, 2.24) is 0 Å². The van der Waals surface area contributed by atoms with E-state index < -0.39 is 0 Å². The van der Waals surface area contributed by atoms with Gasteiger partial charge in [0.25, 0.3) is 5.69 Å². The van der Waals surface area contributed by atoms with E-state index in [2.05, 4.69) is 15.9 Å². The van der Waals surface area contributed by atoms with Crippen LogP contribution in [0, 0.1) is 17.0 Å². The summed E-state index contributed by atoms with van der Waals surface area (Å²) in [4.78, 5) is 12.3. The van der Waals surface area contributed by atoms with Crippen molar-refractivity contribution in [1.29, 1.82) is 0 Å². The highest BCUT2D eigenvalue weighted by molar-refractivity contribution is 9.10. The van der Waals surface area contributed by atoms with Gasteiger partial charge in [0.1, 0.15) is 0 Å². The van der Waals surface area contributed by atoms with Crippen molar-refractivity contribution in [2.45, 2.75) is 16.7 Å². The minimum Gasteiger partial charge on any atom is -0.258 e. The molecule has 0 spiro atoms. The zero-order chi connectivity index (χ0) is 13.1. The summed E-state index contributed by atoms with van der Waals surface area (Å²) >= 11 is 4.64. The predicted octanol–water partition coefficient (Wildman–Crippen LogP) is 4.82. The van der Waals surface area contributed by atoms with Crippen LogP contribution in [0.15, 0.2) is 56.7 Å². The van der Waals surface area contributed by atoms with E-state index in [0.717, 1.165) is 4.90 Å². The Kier molecular flexibility index (Phi) is 4.04. The van der Waals surface area contributed by atoms with Crippen molar-refractivity contribution in [3.05, 3.63) is 62.6 Å². The average molecular weight is 324 g/mol. The van der Waals surface area contributed by atoms with Crippen LogP contribution in [0.1, 0.15) is 5.56 Å². The van der Waals surface area contributed by atoms with Crippen molar-refractivity contribution >= 4 is 33.4 Å². The summed E-state index contributed by atoms with van der Waals surface area (Å²) in [5, 5.41) is 11.0. The lowest BCUT2D eigenvalue weighted by Gasteiger charge is -2.04. The second kappa shape index (κ2) is 5.54. The minimum absolute atomic E-state index is 0.120. The molecule has 0 N–H and O–H groups in total. The number of hydrogen-bond acceptors (Lipinski definition) is 3. The van der Waals surface area contributed by atoms with Crippen molar-refractivity contribution in [2.75, 3.05) is 0 Å². The molecule has 0 aromatic heterocycles. The number of benzene rings is 2. The molecule has 5 heteroatoms. The van der Waals surface area contributed by atoms with Gasteiger partial charge in [-0.15, -0.1) is 0 Å². The van der Waals surface area contributed by atoms with Crippen molar-refractivity contribution in [3.8, 4) is 0 Å². The first-order chi connectivity index (χ1) is 8.56. The van der Waals surface area contributed by atoms with E-state index in [4.69, 9.17) is 0 Å². The van der Waals surface area contributed by atoms with E-state index in [9.17, 15) is 10.1 Å². The van der Waals surface area contributed by atoms with Crippen LogP contribution < -0.4 is 0 Å². The van der Waals surface area contributed by atoms with Crippen molar-refractivity contribution in [2.24, 2.45) is 0 Å². The van der Waals surface area contributed by atoms with Gasteiger partial charge in [0.15, 0.2) is 0 Å². The van der Waals surface area contributed by atoms with E-state index in [1.54, 1.807) is 6.07 Å². The van der Waals surface area contributed by atoms with Gasteiger partial charge in [-0.1, -0.05) is 45.4 Å². The van der Waals surface area contributed by atoms with Gasteiger partial charge < -0.3 is 0 Å². The topological polar surface area (TPSA) is 43.1 Å². The molecule has 0 aliphatic carbocycles. The lowest BCUT2D eigenvalue weighted by Crippen LogP contribution is -1.90. The third kappa shape index (κ3) is 3.11. The standard InChI is InChI=1S/C13H10BrNO2S/c1-9-2-5-11(6-3-9)18-13-7-4-10(14)8-12(13)15(16)17/h2-8H,1H3. The van der Waals surface area contributed by atoms with Crippen LogP contribution in [0.5, 0.6) is 0 Å². The summed E-state index contributed by atoms with van der Waals surface area (Å²) in [6, 6.07) is 13.0. The highest BCUT2D eigenvalue weighted by atomic mass is 79.9. The molecule has 0 unspecified atom stereocenters. The molecule has 92 valence electrons. The first kappa shape index (κ1) is 13.1. The van der Waals surface area contributed by atoms with Gasteiger partial charge in [-0.2, -0.15) is 0 Å². The smallest absolute Gasteiger partial charge is 0.258 e. The maximum atomic E-state index is 11.0. The van der Waals surface area contributed by atoms with Gasteiger partial charge in [-0.3, -0.25) is 10.1 Å². The van der Waals surface area contributed by atoms with Crippen LogP contribution >= 0.6 is 27.7 Å². The normalized spacial score (nSPS) is 10.3. The summed E-state index contributed by atoms with van der Waals surface area (Å²) < 4.78 is 0.711. The molecule has 18 heavy (non-hydrogen) atoms. The van der Waals surface area contributed by atoms with Crippen LogP contribution in [-0.4, -0.2) is 4.92 Å². The Morgan fingerprint density at radius 1 is 1.17 bits per heavy atom. The Labute approximate surface area is 117 Å². The molecule has 2 aromatic rings. The largest absolute Gasteiger partial charge is 0.284 e. The third-order valence-electron chi connectivity index (χ3n) is 2.37. The molecular formula is C13H10BrNO2S. The maximum absolute atomic E-state index is 11.0. The number of rotatable bonds is 3. The fourth-order valence-electron chi connectivity index (χ4n) is 1.45. The van der Waals surface area contributed by atoms with Gasteiger partial charge >= 0.3 is 0 Å². The Balaban J connectivity index is 2.34. The van der Waals surface area contributed by atoms with Crippen LogP contribution in [0.2, 0.25) is 0 Å². The van der Waals surface area contributed by atoms with Crippen LogP contribution in [0.25, 0.3) is 0 Å². The molecule has 0 amide bonds. The molecule has 0 aliphatic rings. The fourth-order valence-corrected chi connectivity index (χ4v) is 2.70. The number of hydrogen-bond donors (Lipinski definition) is 0. The summed E-state index contributed by atoms with van der Waals surface area (Å²) in [5.74, 6) is 0. The van der Waals surface area contributed by atoms with Gasteiger partial charge in [-0.05, 0) is 31.2 Å². The maximum Gasteiger partial charge on any atom is 0.284 e. The van der Waals surface area contributed by atoms with Crippen LogP contribution in [0.4, 0.5) is 5.69 Å². The SMILES string of the molecule is Cc1ccc(Sc2ccc(Br)cc2[N+](=O)[O-])cc1.